The van der Waals surface area contributed by atoms with Gasteiger partial charge < -0.3 is 0 Å². The Morgan fingerprint density at radius 2 is 2.09 bits per heavy atom. The molecule has 0 fully saturated rings. The van der Waals surface area contributed by atoms with Crippen molar-refractivity contribution in [3.05, 3.63) is 57.2 Å². The Hall–Kier alpha value is -1.41. The average molecular weight is 368 g/mol. The maximum absolute atomic E-state index is 12.1. The number of carbonyl (C=O) groups excluding carboxylic acids is 1. The molecule has 8 heteroatoms. The number of anilines is 1. The van der Waals surface area contributed by atoms with Crippen LogP contribution in [0.4, 0.5) is 5.13 Å². The number of rotatable bonds is 5. The Labute approximate surface area is 144 Å². The van der Waals surface area contributed by atoms with E-state index in [0.29, 0.717) is 15.7 Å². The van der Waals surface area contributed by atoms with E-state index < -0.39 is 0 Å². The molecule has 0 saturated carbocycles. The summed E-state index contributed by atoms with van der Waals surface area (Å²) >= 11 is 10.7. The van der Waals surface area contributed by atoms with E-state index in [-0.39, 0.29) is 5.91 Å². The molecule has 22 heavy (non-hydrogen) atoms. The highest BCUT2D eigenvalue weighted by Gasteiger charge is 2.13. The smallest absolute Gasteiger partial charge is 0.259 e. The Morgan fingerprint density at radius 3 is 2.86 bits per heavy atom. The van der Waals surface area contributed by atoms with Crippen LogP contribution in [0.1, 0.15) is 15.2 Å². The number of hydrogen-bond acceptors (Lipinski definition) is 6. The maximum atomic E-state index is 12.1. The van der Waals surface area contributed by atoms with E-state index in [4.69, 9.17) is 11.6 Å². The fraction of sp³-hybridized carbons (Fsp3) is 0.0714. The molecule has 3 aromatic rings. The number of aromatic nitrogens is 2. The Morgan fingerprint density at radius 1 is 1.23 bits per heavy atom. The van der Waals surface area contributed by atoms with Crippen molar-refractivity contribution in [3.8, 4) is 0 Å². The molecule has 0 aliphatic rings. The molecule has 0 bridgehead atoms. The molecule has 0 radical (unpaired) electrons. The van der Waals surface area contributed by atoms with Crippen molar-refractivity contribution in [2.75, 3.05) is 5.32 Å². The van der Waals surface area contributed by atoms with Gasteiger partial charge in [-0.25, -0.2) is 0 Å². The van der Waals surface area contributed by atoms with Crippen molar-refractivity contribution >= 4 is 57.1 Å². The Bertz CT molecular complexity index is 773. The number of amides is 1. The minimum Gasteiger partial charge on any atom is -0.296 e. The van der Waals surface area contributed by atoms with Crippen molar-refractivity contribution in [1.29, 1.82) is 0 Å². The predicted molar refractivity (Wildman–Crippen MR) is 93.2 cm³/mol. The van der Waals surface area contributed by atoms with Gasteiger partial charge in [0.1, 0.15) is 0 Å². The Kier molecular flexibility index (Phi) is 5.09. The normalized spacial score (nSPS) is 10.6. The lowest BCUT2D eigenvalue weighted by molar-refractivity contribution is 0.102. The van der Waals surface area contributed by atoms with Crippen molar-refractivity contribution in [1.82, 2.24) is 10.2 Å². The number of thioether (sulfide) groups is 1. The summed E-state index contributed by atoms with van der Waals surface area (Å²) < 4.78 is 0.822. The molecule has 0 atom stereocenters. The van der Waals surface area contributed by atoms with Crippen molar-refractivity contribution in [3.63, 3.8) is 0 Å². The third-order valence-electron chi connectivity index (χ3n) is 2.66. The van der Waals surface area contributed by atoms with Gasteiger partial charge in [-0.05, 0) is 23.6 Å². The Balaban J connectivity index is 1.62. The lowest BCUT2D eigenvalue weighted by atomic mass is 10.2. The van der Waals surface area contributed by atoms with Crippen LogP contribution in [0, 0.1) is 0 Å². The molecule has 0 unspecified atom stereocenters. The second kappa shape index (κ2) is 7.23. The van der Waals surface area contributed by atoms with Gasteiger partial charge in [0.25, 0.3) is 5.91 Å². The molecule has 112 valence electrons. The van der Waals surface area contributed by atoms with E-state index in [9.17, 15) is 4.79 Å². The highest BCUT2D eigenvalue weighted by molar-refractivity contribution is 8.00. The van der Waals surface area contributed by atoms with Crippen LogP contribution in [0.3, 0.4) is 0 Å². The molecule has 1 N–H and O–H groups in total. The van der Waals surface area contributed by atoms with Crippen LogP contribution < -0.4 is 5.32 Å². The second-order valence-electron chi connectivity index (χ2n) is 4.18. The summed E-state index contributed by atoms with van der Waals surface area (Å²) in [5.41, 5.74) is 0.423. The van der Waals surface area contributed by atoms with E-state index in [1.807, 2.05) is 11.4 Å². The number of thiophene rings is 1. The standard InChI is InChI=1S/C14H10ClN3OS3/c15-11-6-2-1-5-10(11)12(19)16-13-17-18-14(22-13)21-8-9-4-3-7-20-9/h1-7H,8H2,(H,16,17,19). The number of nitrogens with zero attached hydrogens (tertiary/aromatic N) is 2. The first-order valence-electron chi connectivity index (χ1n) is 6.27. The van der Waals surface area contributed by atoms with E-state index >= 15 is 0 Å². The molecule has 2 heterocycles. The van der Waals surface area contributed by atoms with Gasteiger partial charge >= 0.3 is 0 Å². The van der Waals surface area contributed by atoms with Gasteiger partial charge in [0, 0.05) is 10.6 Å². The lowest BCUT2D eigenvalue weighted by Gasteiger charge is -2.02. The van der Waals surface area contributed by atoms with Crippen LogP contribution in [0.15, 0.2) is 46.1 Å². The number of carbonyl (C=O) groups is 1. The first kappa shape index (κ1) is 15.5. The summed E-state index contributed by atoms with van der Waals surface area (Å²) in [4.78, 5) is 13.4. The quantitative estimate of drug-likeness (QED) is 0.520. The van der Waals surface area contributed by atoms with Crippen LogP contribution in [0.2, 0.25) is 5.02 Å². The van der Waals surface area contributed by atoms with E-state index in [1.165, 1.54) is 16.2 Å². The number of benzene rings is 1. The predicted octanol–water partition coefficient (Wildman–Crippen LogP) is 4.80. The number of nitrogens with one attached hydrogen (secondary N) is 1. The summed E-state index contributed by atoms with van der Waals surface area (Å²) in [6.45, 7) is 0. The molecule has 2 aromatic heterocycles. The van der Waals surface area contributed by atoms with Crippen molar-refractivity contribution in [2.45, 2.75) is 10.1 Å². The highest BCUT2D eigenvalue weighted by atomic mass is 35.5. The molecule has 0 saturated heterocycles. The van der Waals surface area contributed by atoms with E-state index in [1.54, 1.807) is 47.4 Å². The number of halogens is 1. The third-order valence-corrected chi connectivity index (χ3v) is 6.07. The molecular weight excluding hydrogens is 358 g/mol. The minimum atomic E-state index is -0.281. The minimum absolute atomic E-state index is 0.281. The highest BCUT2D eigenvalue weighted by Crippen LogP contribution is 2.30. The molecule has 0 aliphatic carbocycles. The van der Waals surface area contributed by atoms with Gasteiger partial charge in [0.15, 0.2) is 4.34 Å². The molecule has 0 aliphatic heterocycles. The van der Waals surface area contributed by atoms with E-state index in [2.05, 4.69) is 21.6 Å². The summed E-state index contributed by atoms with van der Waals surface area (Å²) in [5, 5.41) is 13.7. The largest absolute Gasteiger partial charge is 0.296 e. The first-order chi connectivity index (χ1) is 10.7. The van der Waals surface area contributed by atoms with Crippen LogP contribution in [0.25, 0.3) is 0 Å². The van der Waals surface area contributed by atoms with Crippen molar-refractivity contribution < 1.29 is 4.79 Å². The summed E-state index contributed by atoms with van der Waals surface area (Å²) in [7, 11) is 0. The van der Waals surface area contributed by atoms with Crippen LogP contribution in [0.5, 0.6) is 0 Å². The zero-order valence-electron chi connectivity index (χ0n) is 11.2. The monoisotopic (exact) mass is 367 g/mol. The third kappa shape index (κ3) is 3.86. The van der Waals surface area contributed by atoms with Crippen LogP contribution >= 0.6 is 46.0 Å². The molecular formula is C14H10ClN3OS3. The van der Waals surface area contributed by atoms with Crippen LogP contribution in [-0.2, 0) is 5.75 Å². The zero-order chi connectivity index (χ0) is 15.4. The van der Waals surface area contributed by atoms with Gasteiger partial charge in [-0.3, -0.25) is 10.1 Å². The fourth-order valence-corrected chi connectivity index (χ4v) is 4.40. The summed E-state index contributed by atoms with van der Waals surface area (Å²) in [5.74, 6) is 0.571. The molecule has 3 rings (SSSR count). The second-order valence-corrected chi connectivity index (χ2v) is 7.81. The number of hydrogen-bond donors (Lipinski definition) is 1. The summed E-state index contributed by atoms with van der Waals surface area (Å²) in [6.07, 6.45) is 0. The molecule has 1 aromatic carbocycles. The van der Waals surface area contributed by atoms with Gasteiger partial charge in [-0.1, -0.05) is 52.9 Å². The maximum Gasteiger partial charge on any atom is 0.259 e. The van der Waals surface area contributed by atoms with Gasteiger partial charge in [-0.15, -0.1) is 21.5 Å². The molecule has 1 amide bonds. The summed E-state index contributed by atoms with van der Waals surface area (Å²) in [6, 6.07) is 11.0. The average Bonchev–Trinajstić information content (AvgIpc) is 3.17. The van der Waals surface area contributed by atoms with E-state index in [0.717, 1.165) is 10.1 Å². The SMILES string of the molecule is O=C(Nc1nnc(SCc2cccs2)s1)c1ccccc1Cl. The van der Waals surface area contributed by atoms with Crippen LogP contribution in [-0.4, -0.2) is 16.1 Å². The van der Waals surface area contributed by atoms with Crippen molar-refractivity contribution in [2.24, 2.45) is 0 Å². The molecule has 0 spiro atoms. The van der Waals surface area contributed by atoms with Gasteiger partial charge in [-0.2, -0.15) is 0 Å². The van der Waals surface area contributed by atoms with Gasteiger partial charge in [0.2, 0.25) is 5.13 Å². The lowest BCUT2D eigenvalue weighted by Crippen LogP contribution is -2.12. The topological polar surface area (TPSA) is 54.9 Å². The van der Waals surface area contributed by atoms with Gasteiger partial charge in [0.05, 0.1) is 10.6 Å². The zero-order valence-corrected chi connectivity index (χ0v) is 14.4. The first-order valence-corrected chi connectivity index (χ1v) is 9.33. The molecule has 4 nitrogen and oxygen atoms in total. The fourth-order valence-electron chi connectivity index (χ4n) is 1.66.